The number of nitrogens with one attached hydrogen (secondary N) is 2. The first-order valence-corrected chi connectivity index (χ1v) is 9.66. The van der Waals surface area contributed by atoms with Gasteiger partial charge in [-0.05, 0) is 23.3 Å². The third-order valence-corrected chi connectivity index (χ3v) is 5.05. The second-order valence-corrected chi connectivity index (χ2v) is 7.14. The third kappa shape index (κ3) is 3.83. The lowest BCUT2D eigenvalue weighted by atomic mass is 9.87. The van der Waals surface area contributed by atoms with Crippen LogP contribution in [0.1, 0.15) is 27.5 Å². The average molecular weight is 415 g/mol. The van der Waals surface area contributed by atoms with Crippen molar-refractivity contribution in [3.63, 3.8) is 0 Å². The van der Waals surface area contributed by atoms with E-state index in [4.69, 9.17) is 12.2 Å². The van der Waals surface area contributed by atoms with Crippen LogP contribution in [0.4, 0.5) is 5.69 Å². The summed E-state index contributed by atoms with van der Waals surface area (Å²) in [6.45, 7) is 0. The molecule has 0 aromatic heterocycles. The monoisotopic (exact) mass is 415 g/mol. The highest BCUT2D eigenvalue weighted by Gasteiger charge is 2.33. The van der Waals surface area contributed by atoms with Crippen LogP contribution in [0.5, 0.6) is 0 Å². The molecule has 30 heavy (non-hydrogen) atoms. The molecule has 7 heteroatoms. The Morgan fingerprint density at radius 2 is 1.60 bits per heavy atom. The van der Waals surface area contributed by atoms with Crippen molar-refractivity contribution in [1.82, 2.24) is 10.6 Å². The van der Waals surface area contributed by atoms with Crippen LogP contribution < -0.4 is 10.6 Å². The fourth-order valence-corrected chi connectivity index (χ4v) is 3.67. The minimum absolute atomic E-state index is 0.0495. The van der Waals surface area contributed by atoms with E-state index >= 15 is 0 Å². The number of nitrogens with zero attached hydrogens (tertiary/aromatic N) is 1. The summed E-state index contributed by atoms with van der Waals surface area (Å²) in [5.41, 5.74) is 2.89. The Morgan fingerprint density at radius 1 is 0.933 bits per heavy atom. The van der Waals surface area contributed by atoms with Crippen LogP contribution in [-0.2, 0) is 0 Å². The molecule has 0 fully saturated rings. The van der Waals surface area contributed by atoms with E-state index in [1.54, 1.807) is 36.4 Å². The summed E-state index contributed by atoms with van der Waals surface area (Å²) in [7, 11) is 0. The van der Waals surface area contributed by atoms with Gasteiger partial charge in [0, 0.05) is 17.7 Å². The number of hydrogen-bond donors (Lipinski definition) is 2. The number of carbonyl (C=O) groups excluding carboxylic acids is 1. The van der Waals surface area contributed by atoms with Crippen molar-refractivity contribution in [3.05, 3.63) is 117 Å². The van der Waals surface area contributed by atoms with Gasteiger partial charge in [0.1, 0.15) is 0 Å². The van der Waals surface area contributed by atoms with Crippen molar-refractivity contribution < 1.29 is 9.72 Å². The van der Waals surface area contributed by atoms with Crippen LogP contribution in [0.25, 0.3) is 5.70 Å². The quantitative estimate of drug-likeness (QED) is 0.278. The Bertz CT molecular complexity index is 1160. The highest BCUT2D eigenvalue weighted by molar-refractivity contribution is 7.80. The first-order valence-electron chi connectivity index (χ1n) is 9.26. The molecule has 0 aliphatic carbocycles. The number of Topliss-reactive ketones (excluding diaryl/α,β-unsaturated/α-hetero) is 1. The number of hydrogen-bond acceptors (Lipinski definition) is 4. The molecule has 0 saturated heterocycles. The molecule has 1 atom stereocenters. The number of nitro groups is 1. The maximum atomic E-state index is 13.6. The van der Waals surface area contributed by atoms with Crippen molar-refractivity contribution in [1.29, 1.82) is 0 Å². The van der Waals surface area contributed by atoms with Gasteiger partial charge in [0.15, 0.2) is 10.9 Å². The maximum absolute atomic E-state index is 13.6. The zero-order chi connectivity index (χ0) is 21.1. The zero-order valence-corrected chi connectivity index (χ0v) is 16.6. The van der Waals surface area contributed by atoms with Crippen LogP contribution in [0.2, 0.25) is 0 Å². The molecule has 0 saturated carbocycles. The van der Waals surface area contributed by atoms with Crippen LogP contribution in [0.15, 0.2) is 90.5 Å². The van der Waals surface area contributed by atoms with Gasteiger partial charge >= 0.3 is 0 Å². The number of rotatable bonds is 5. The summed E-state index contributed by atoms with van der Waals surface area (Å²) in [4.78, 5) is 24.4. The highest BCUT2D eigenvalue weighted by atomic mass is 32.1. The van der Waals surface area contributed by atoms with Gasteiger partial charge < -0.3 is 10.6 Å². The lowest BCUT2D eigenvalue weighted by Crippen LogP contribution is -2.44. The van der Waals surface area contributed by atoms with Crippen molar-refractivity contribution in [2.45, 2.75) is 6.04 Å². The maximum Gasteiger partial charge on any atom is 0.269 e. The summed E-state index contributed by atoms with van der Waals surface area (Å²) in [6, 6.07) is 23.9. The Morgan fingerprint density at radius 3 is 2.27 bits per heavy atom. The molecular formula is C23H17N3O3S. The molecule has 0 unspecified atom stereocenters. The number of benzene rings is 3. The van der Waals surface area contributed by atoms with Crippen molar-refractivity contribution in [3.8, 4) is 0 Å². The van der Waals surface area contributed by atoms with Crippen LogP contribution in [0, 0.1) is 10.1 Å². The Hall–Kier alpha value is -3.84. The van der Waals surface area contributed by atoms with Gasteiger partial charge in [0.05, 0.1) is 22.2 Å². The smallest absolute Gasteiger partial charge is 0.269 e. The number of nitro benzene ring substituents is 1. The predicted molar refractivity (Wildman–Crippen MR) is 119 cm³/mol. The van der Waals surface area contributed by atoms with E-state index < -0.39 is 11.0 Å². The predicted octanol–water partition coefficient (Wildman–Crippen LogP) is 4.41. The summed E-state index contributed by atoms with van der Waals surface area (Å²) in [5, 5.41) is 17.9. The summed E-state index contributed by atoms with van der Waals surface area (Å²) < 4.78 is 0. The molecule has 1 aliphatic rings. The topological polar surface area (TPSA) is 84.3 Å². The van der Waals surface area contributed by atoms with E-state index in [0.29, 0.717) is 27.5 Å². The zero-order valence-electron chi connectivity index (χ0n) is 15.7. The van der Waals surface area contributed by atoms with Gasteiger partial charge in [-0.3, -0.25) is 14.9 Å². The highest BCUT2D eigenvalue weighted by Crippen LogP contribution is 2.34. The van der Waals surface area contributed by atoms with E-state index in [9.17, 15) is 14.9 Å². The van der Waals surface area contributed by atoms with Crippen molar-refractivity contribution in [2.75, 3.05) is 0 Å². The molecule has 148 valence electrons. The van der Waals surface area contributed by atoms with Crippen LogP contribution in [-0.4, -0.2) is 15.8 Å². The molecule has 6 nitrogen and oxygen atoms in total. The number of non-ortho nitro benzene ring substituents is 1. The third-order valence-electron chi connectivity index (χ3n) is 4.83. The van der Waals surface area contributed by atoms with E-state index in [2.05, 4.69) is 10.6 Å². The molecule has 3 aromatic rings. The Balaban J connectivity index is 1.93. The molecule has 0 spiro atoms. The van der Waals surface area contributed by atoms with Crippen LogP contribution >= 0.6 is 12.2 Å². The standard InChI is InChI=1S/C23H17N3O3S/c27-22(16-10-5-2-6-11-16)19-20(15-8-3-1-4-9-15)24-23(30)25-21(19)17-12-7-13-18(14-17)26(28)29/h1-14,21H,(H2,24,25,30)/t21-/m1/s1. The largest absolute Gasteiger partial charge is 0.351 e. The molecule has 0 radical (unpaired) electrons. The molecule has 1 aliphatic heterocycles. The molecule has 4 rings (SSSR count). The fourth-order valence-electron chi connectivity index (χ4n) is 3.45. The fraction of sp³-hybridized carbons (Fsp3) is 0.0435. The average Bonchev–Trinajstić information content (AvgIpc) is 2.79. The van der Waals surface area contributed by atoms with Crippen molar-refractivity contribution >= 4 is 34.5 Å². The Kier molecular flexibility index (Phi) is 5.36. The first-order chi connectivity index (χ1) is 14.5. The molecular weight excluding hydrogens is 398 g/mol. The number of thiocarbonyl (C=S) groups is 1. The van der Waals surface area contributed by atoms with Gasteiger partial charge in [-0.15, -0.1) is 0 Å². The van der Waals surface area contributed by atoms with Crippen LogP contribution in [0.3, 0.4) is 0 Å². The minimum Gasteiger partial charge on any atom is -0.351 e. The van der Waals surface area contributed by atoms with Gasteiger partial charge in [-0.25, -0.2) is 0 Å². The molecule has 3 aromatic carbocycles. The molecule has 0 amide bonds. The SMILES string of the molecule is O=C(C1=C(c2ccccc2)NC(=S)N[C@@H]1c1cccc([N+](=O)[O-])c1)c1ccccc1. The van der Waals surface area contributed by atoms with E-state index in [-0.39, 0.29) is 11.5 Å². The summed E-state index contributed by atoms with van der Waals surface area (Å²) in [5.74, 6) is -0.187. The molecule has 2 N–H and O–H groups in total. The van der Waals surface area contributed by atoms with Gasteiger partial charge in [-0.1, -0.05) is 72.8 Å². The van der Waals surface area contributed by atoms with Crippen molar-refractivity contribution in [2.24, 2.45) is 0 Å². The normalized spacial score (nSPS) is 15.9. The van der Waals surface area contributed by atoms with E-state index in [1.807, 2.05) is 36.4 Å². The molecule has 1 heterocycles. The second kappa shape index (κ2) is 8.26. The number of ketones is 1. The number of carbonyl (C=O) groups is 1. The van der Waals surface area contributed by atoms with Gasteiger partial charge in [0.2, 0.25) is 0 Å². The summed E-state index contributed by atoms with van der Waals surface area (Å²) in [6.07, 6.45) is 0. The van der Waals surface area contributed by atoms with Gasteiger partial charge in [-0.2, -0.15) is 0 Å². The Labute approximate surface area is 178 Å². The van der Waals surface area contributed by atoms with Gasteiger partial charge in [0.25, 0.3) is 5.69 Å². The van der Waals surface area contributed by atoms with E-state index in [1.165, 1.54) is 12.1 Å². The second-order valence-electron chi connectivity index (χ2n) is 6.73. The van der Waals surface area contributed by atoms with E-state index in [0.717, 1.165) is 5.56 Å². The minimum atomic E-state index is -0.637. The first kappa shape index (κ1) is 19.5. The lowest BCUT2D eigenvalue weighted by molar-refractivity contribution is -0.384. The summed E-state index contributed by atoms with van der Waals surface area (Å²) >= 11 is 5.40. The lowest BCUT2D eigenvalue weighted by Gasteiger charge is -2.31. The molecule has 0 bridgehead atoms.